The van der Waals surface area contributed by atoms with Crippen LogP contribution in [0.1, 0.15) is 5.56 Å². The van der Waals surface area contributed by atoms with Gasteiger partial charge in [0.25, 0.3) is 0 Å². The van der Waals surface area contributed by atoms with E-state index in [1.54, 1.807) is 18.2 Å². The quantitative estimate of drug-likeness (QED) is 0.418. The second-order valence-corrected chi connectivity index (χ2v) is 7.28. The number of aromatic nitrogens is 4. The minimum Gasteiger partial charge on any atom is -0.508 e. The van der Waals surface area contributed by atoms with E-state index in [0.717, 1.165) is 12.1 Å². The lowest BCUT2D eigenvalue weighted by atomic mass is 10.1. The molecule has 0 saturated carbocycles. The van der Waals surface area contributed by atoms with E-state index in [1.807, 2.05) is 0 Å². The third-order valence-electron chi connectivity index (χ3n) is 5.10. The minimum atomic E-state index is -0.643. The zero-order valence-corrected chi connectivity index (χ0v) is 17.4. The molecule has 0 radical (unpaired) electrons. The van der Waals surface area contributed by atoms with Crippen LogP contribution in [0.4, 0.5) is 14.6 Å². The lowest BCUT2D eigenvalue weighted by Gasteiger charge is -2.21. The molecule has 1 amide bonds. The van der Waals surface area contributed by atoms with Crippen molar-refractivity contribution in [2.24, 2.45) is 0 Å². The maximum Gasteiger partial charge on any atom is 0.246 e. The maximum absolute atomic E-state index is 14.1. The Morgan fingerprint density at radius 3 is 2.73 bits per heavy atom. The average Bonchev–Trinajstić information content (AvgIpc) is 3.17. The third kappa shape index (κ3) is 4.49. The van der Waals surface area contributed by atoms with Gasteiger partial charge in [0.15, 0.2) is 5.65 Å². The number of nitrogen functional groups attached to an aromatic ring is 1. The van der Waals surface area contributed by atoms with Gasteiger partial charge in [-0.15, -0.1) is 0 Å². The molecule has 2 heterocycles. The van der Waals surface area contributed by atoms with Crippen molar-refractivity contribution in [3.63, 3.8) is 0 Å². The maximum atomic E-state index is 14.1. The standard InChI is InChI=1S/C23H20F2N6O2/c1-2-19(33)30(12-14-5-3-4-6-18(14)25)7-8-31-23-20(22(26)27-13-28-23)21(29-31)15-9-16(24)11-17(32)10-15/h2-6,9-11,13,32H,1,7-8,12H2,(H2,26,27,28). The Bertz CT molecular complexity index is 1330. The van der Waals surface area contributed by atoms with E-state index in [-0.39, 0.29) is 42.8 Å². The van der Waals surface area contributed by atoms with Gasteiger partial charge in [0, 0.05) is 30.3 Å². The Labute approximate surface area is 187 Å². The smallest absolute Gasteiger partial charge is 0.246 e. The second kappa shape index (κ2) is 9.03. The highest BCUT2D eigenvalue weighted by Gasteiger charge is 2.20. The first-order chi connectivity index (χ1) is 15.9. The molecular weight excluding hydrogens is 430 g/mol. The number of hydrogen-bond acceptors (Lipinski definition) is 6. The number of anilines is 1. The Hall–Kier alpha value is -4.34. The summed E-state index contributed by atoms with van der Waals surface area (Å²) in [7, 11) is 0. The summed E-state index contributed by atoms with van der Waals surface area (Å²) < 4.78 is 29.5. The predicted molar refractivity (Wildman–Crippen MR) is 119 cm³/mol. The Kier molecular flexibility index (Phi) is 5.99. The average molecular weight is 450 g/mol. The monoisotopic (exact) mass is 450 g/mol. The fourth-order valence-electron chi connectivity index (χ4n) is 3.54. The number of carbonyl (C=O) groups is 1. The number of rotatable bonds is 7. The van der Waals surface area contributed by atoms with E-state index >= 15 is 0 Å². The molecule has 0 atom stereocenters. The molecular formula is C23H20F2N6O2. The van der Waals surface area contributed by atoms with Crippen molar-refractivity contribution in [3.8, 4) is 17.0 Å². The van der Waals surface area contributed by atoms with Crippen molar-refractivity contribution in [2.45, 2.75) is 13.1 Å². The second-order valence-electron chi connectivity index (χ2n) is 7.28. The molecule has 8 nitrogen and oxygen atoms in total. The van der Waals surface area contributed by atoms with Crippen molar-refractivity contribution in [1.82, 2.24) is 24.6 Å². The van der Waals surface area contributed by atoms with Gasteiger partial charge in [-0.2, -0.15) is 5.10 Å². The van der Waals surface area contributed by atoms with Crippen molar-refractivity contribution >= 4 is 22.8 Å². The molecule has 0 saturated heterocycles. The number of benzene rings is 2. The SMILES string of the molecule is C=CC(=O)N(CCn1nc(-c2cc(O)cc(F)c2)c2c(N)ncnc21)Cc1ccccc1F. The molecule has 2 aromatic carbocycles. The molecule has 0 aliphatic heterocycles. The lowest BCUT2D eigenvalue weighted by molar-refractivity contribution is -0.126. The van der Waals surface area contributed by atoms with E-state index < -0.39 is 11.6 Å². The van der Waals surface area contributed by atoms with Gasteiger partial charge in [-0.25, -0.2) is 23.4 Å². The highest BCUT2D eigenvalue weighted by molar-refractivity contribution is 5.98. The van der Waals surface area contributed by atoms with E-state index in [9.17, 15) is 18.7 Å². The molecule has 2 aromatic heterocycles. The van der Waals surface area contributed by atoms with Gasteiger partial charge in [0.2, 0.25) is 5.91 Å². The van der Waals surface area contributed by atoms with E-state index in [4.69, 9.17) is 5.73 Å². The molecule has 4 aromatic rings. The normalized spacial score (nSPS) is 11.0. The predicted octanol–water partition coefficient (Wildman–Crippen LogP) is 3.27. The Morgan fingerprint density at radius 1 is 1.21 bits per heavy atom. The fraction of sp³-hybridized carbons (Fsp3) is 0.130. The first-order valence-electron chi connectivity index (χ1n) is 9.99. The number of nitrogens with zero attached hydrogens (tertiary/aromatic N) is 5. The summed E-state index contributed by atoms with van der Waals surface area (Å²) in [4.78, 5) is 22.1. The van der Waals surface area contributed by atoms with Gasteiger partial charge in [0.05, 0.1) is 11.9 Å². The third-order valence-corrected chi connectivity index (χ3v) is 5.10. The molecule has 0 aliphatic rings. The van der Waals surface area contributed by atoms with Crippen LogP contribution in [0.3, 0.4) is 0 Å². The van der Waals surface area contributed by atoms with Gasteiger partial charge in [-0.05, 0) is 24.3 Å². The number of hydrogen-bond donors (Lipinski definition) is 2. The van der Waals surface area contributed by atoms with Gasteiger partial charge in [-0.1, -0.05) is 24.8 Å². The largest absolute Gasteiger partial charge is 0.508 e. The number of amides is 1. The molecule has 3 N–H and O–H groups in total. The zero-order chi connectivity index (χ0) is 23.5. The molecule has 33 heavy (non-hydrogen) atoms. The summed E-state index contributed by atoms with van der Waals surface area (Å²) >= 11 is 0. The summed E-state index contributed by atoms with van der Waals surface area (Å²) in [5, 5.41) is 14.7. The molecule has 0 aliphatic carbocycles. The van der Waals surface area contributed by atoms with Crippen LogP contribution in [0.25, 0.3) is 22.3 Å². The highest BCUT2D eigenvalue weighted by Crippen LogP contribution is 2.32. The minimum absolute atomic E-state index is 0.0402. The zero-order valence-electron chi connectivity index (χ0n) is 17.4. The molecule has 168 valence electrons. The summed E-state index contributed by atoms with van der Waals surface area (Å²) in [6, 6.07) is 9.74. The highest BCUT2D eigenvalue weighted by atomic mass is 19.1. The lowest BCUT2D eigenvalue weighted by Crippen LogP contribution is -2.32. The van der Waals surface area contributed by atoms with Gasteiger partial charge in [0.1, 0.15) is 35.2 Å². The van der Waals surface area contributed by atoms with Crippen molar-refractivity contribution in [2.75, 3.05) is 12.3 Å². The molecule has 10 heteroatoms. The van der Waals surface area contributed by atoms with Crippen LogP contribution in [0, 0.1) is 11.6 Å². The number of fused-ring (bicyclic) bond motifs is 1. The van der Waals surface area contributed by atoms with Crippen LogP contribution in [-0.2, 0) is 17.9 Å². The fourth-order valence-corrected chi connectivity index (χ4v) is 3.54. The van der Waals surface area contributed by atoms with Crippen LogP contribution in [0.15, 0.2) is 61.4 Å². The first-order valence-corrected chi connectivity index (χ1v) is 9.99. The number of phenols is 1. The molecule has 0 bridgehead atoms. The van der Waals surface area contributed by atoms with Crippen LogP contribution >= 0.6 is 0 Å². The number of phenolic OH excluding ortho intramolecular Hbond substituents is 1. The molecule has 0 fully saturated rings. The van der Waals surface area contributed by atoms with E-state index in [2.05, 4.69) is 21.6 Å². The van der Waals surface area contributed by atoms with Crippen molar-refractivity contribution < 1.29 is 18.7 Å². The summed E-state index contributed by atoms with van der Waals surface area (Å²) in [5.74, 6) is -1.57. The number of halogens is 2. The van der Waals surface area contributed by atoms with Crippen molar-refractivity contribution in [1.29, 1.82) is 0 Å². The Balaban J connectivity index is 1.69. The summed E-state index contributed by atoms with van der Waals surface area (Å²) in [6.07, 6.45) is 2.43. The molecule has 4 rings (SSSR count). The van der Waals surface area contributed by atoms with Crippen molar-refractivity contribution in [3.05, 3.63) is 78.6 Å². The number of nitrogens with two attached hydrogens (primary N) is 1. The Morgan fingerprint density at radius 2 is 2.00 bits per heavy atom. The number of carbonyl (C=O) groups excluding carboxylic acids is 1. The number of aromatic hydroxyl groups is 1. The summed E-state index contributed by atoms with van der Waals surface area (Å²) in [6.45, 7) is 3.90. The van der Waals surface area contributed by atoms with Gasteiger partial charge in [-0.3, -0.25) is 4.79 Å². The topological polar surface area (TPSA) is 110 Å². The molecule has 0 unspecified atom stereocenters. The van der Waals surface area contributed by atoms with Crippen LogP contribution in [0.2, 0.25) is 0 Å². The van der Waals surface area contributed by atoms with Gasteiger partial charge < -0.3 is 15.7 Å². The van der Waals surface area contributed by atoms with Crippen LogP contribution in [0.5, 0.6) is 5.75 Å². The van der Waals surface area contributed by atoms with Crippen LogP contribution < -0.4 is 5.73 Å². The van der Waals surface area contributed by atoms with Gasteiger partial charge >= 0.3 is 0 Å². The van der Waals surface area contributed by atoms with E-state index in [0.29, 0.717) is 22.2 Å². The molecule has 0 spiro atoms. The van der Waals surface area contributed by atoms with Crippen LogP contribution in [-0.4, -0.2) is 42.2 Å². The summed E-state index contributed by atoms with van der Waals surface area (Å²) in [5.41, 5.74) is 7.36. The first kappa shape index (κ1) is 21.9. The van der Waals surface area contributed by atoms with E-state index in [1.165, 1.54) is 34.1 Å².